The fraction of sp³-hybridized carbons (Fsp3) is 0.0588. The van der Waals surface area contributed by atoms with Gasteiger partial charge in [-0.1, -0.05) is 6.07 Å². The molecule has 1 heterocycles. The van der Waals surface area contributed by atoms with Gasteiger partial charge in [-0.3, -0.25) is 10.1 Å². The molecule has 0 unspecified atom stereocenters. The molecule has 9 heteroatoms. The maximum Gasteiger partial charge on any atom is 0.343 e. The van der Waals surface area contributed by atoms with Crippen molar-refractivity contribution in [1.29, 1.82) is 0 Å². The van der Waals surface area contributed by atoms with Crippen molar-refractivity contribution >= 4 is 23.0 Å². The number of hydrogen-bond acceptors (Lipinski definition) is 7. The number of benzene rings is 2. The molecule has 1 aromatic heterocycles. The van der Waals surface area contributed by atoms with Crippen molar-refractivity contribution in [2.24, 2.45) is 0 Å². The number of hydrogen-bond donors (Lipinski definition) is 0. The van der Waals surface area contributed by atoms with Crippen LogP contribution in [0.3, 0.4) is 0 Å². The number of halogens is 1. The molecule has 0 spiro atoms. The predicted molar refractivity (Wildman–Crippen MR) is 90.9 cm³/mol. The second-order valence-electron chi connectivity index (χ2n) is 5.05. The Hall–Kier alpha value is -3.33. The number of thiazole rings is 1. The van der Waals surface area contributed by atoms with Gasteiger partial charge >= 0.3 is 11.7 Å². The van der Waals surface area contributed by atoms with Gasteiger partial charge in [-0.25, -0.2) is 14.2 Å². The first-order valence-electron chi connectivity index (χ1n) is 7.29. The maximum atomic E-state index is 13.3. The monoisotopic (exact) mass is 374 g/mol. The lowest BCUT2D eigenvalue weighted by atomic mass is 10.2. The van der Waals surface area contributed by atoms with Crippen molar-refractivity contribution in [3.05, 3.63) is 80.5 Å². The minimum absolute atomic E-state index is 0.110. The molecule has 0 radical (unpaired) electrons. The summed E-state index contributed by atoms with van der Waals surface area (Å²) in [4.78, 5) is 26.5. The van der Waals surface area contributed by atoms with E-state index in [4.69, 9.17) is 9.47 Å². The minimum atomic E-state index is -0.863. The molecule has 0 fully saturated rings. The van der Waals surface area contributed by atoms with Crippen LogP contribution in [0, 0.1) is 15.9 Å². The smallest absolute Gasteiger partial charge is 0.343 e. The molecule has 2 aromatic carbocycles. The standard InChI is InChI=1S/C17H11FN2O5S/c18-12-4-5-15(20(22)23)16(7-12)25-17(21)11-2-1-3-14(6-11)24-8-13-9-26-10-19-13/h1-7,9-10H,8H2. The Morgan fingerprint density at radius 1 is 1.27 bits per heavy atom. The number of ether oxygens (including phenoxy) is 2. The first kappa shape index (κ1) is 17.5. The topological polar surface area (TPSA) is 91.6 Å². The van der Waals surface area contributed by atoms with Crippen LogP contribution in [-0.2, 0) is 6.61 Å². The van der Waals surface area contributed by atoms with Gasteiger partial charge in [0.15, 0.2) is 0 Å². The van der Waals surface area contributed by atoms with E-state index in [1.165, 1.54) is 23.5 Å². The van der Waals surface area contributed by atoms with Crippen molar-refractivity contribution in [3.63, 3.8) is 0 Å². The molecule has 0 bridgehead atoms. The Labute approximate surface area is 150 Å². The van der Waals surface area contributed by atoms with Crippen LogP contribution in [0.25, 0.3) is 0 Å². The molecule has 26 heavy (non-hydrogen) atoms. The van der Waals surface area contributed by atoms with Gasteiger partial charge in [0.25, 0.3) is 0 Å². The maximum absolute atomic E-state index is 13.3. The first-order valence-corrected chi connectivity index (χ1v) is 8.23. The van der Waals surface area contributed by atoms with E-state index < -0.39 is 28.1 Å². The molecule has 0 aliphatic carbocycles. The highest BCUT2D eigenvalue weighted by molar-refractivity contribution is 7.07. The van der Waals surface area contributed by atoms with E-state index in [-0.39, 0.29) is 12.2 Å². The van der Waals surface area contributed by atoms with E-state index in [9.17, 15) is 19.3 Å². The van der Waals surface area contributed by atoms with Gasteiger partial charge in [0.05, 0.1) is 21.7 Å². The molecule has 0 amide bonds. The highest BCUT2D eigenvalue weighted by atomic mass is 32.1. The van der Waals surface area contributed by atoms with Gasteiger partial charge in [0.2, 0.25) is 5.75 Å². The van der Waals surface area contributed by atoms with E-state index in [0.29, 0.717) is 5.75 Å². The Morgan fingerprint density at radius 3 is 2.85 bits per heavy atom. The van der Waals surface area contributed by atoms with E-state index >= 15 is 0 Å². The summed E-state index contributed by atoms with van der Waals surface area (Å²) >= 11 is 1.44. The van der Waals surface area contributed by atoms with E-state index in [1.54, 1.807) is 17.6 Å². The number of carbonyl (C=O) groups excluding carboxylic acids is 1. The van der Waals surface area contributed by atoms with Gasteiger partial charge in [-0.15, -0.1) is 11.3 Å². The summed E-state index contributed by atoms with van der Waals surface area (Å²) in [5, 5.41) is 12.8. The third-order valence-corrected chi connectivity index (χ3v) is 3.90. The van der Waals surface area contributed by atoms with Crippen LogP contribution in [-0.4, -0.2) is 15.9 Å². The number of rotatable bonds is 6. The van der Waals surface area contributed by atoms with Crippen molar-refractivity contribution in [2.45, 2.75) is 6.61 Å². The average molecular weight is 374 g/mol. The summed E-state index contributed by atoms with van der Waals surface area (Å²) in [7, 11) is 0. The molecule has 0 aliphatic rings. The Bertz CT molecular complexity index is 946. The van der Waals surface area contributed by atoms with Crippen molar-refractivity contribution in [2.75, 3.05) is 0 Å². The lowest BCUT2D eigenvalue weighted by Gasteiger charge is -2.08. The molecule has 0 saturated carbocycles. The SMILES string of the molecule is O=C(Oc1cc(F)ccc1[N+](=O)[O-])c1cccc(OCc2cscn2)c1. The highest BCUT2D eigenvalue weighted by Crippen LogP contribution is 2.28. The molecule has 3 rings (SSSR count). The van der Waals surface area contributed by atoms with E-state index in [0.717, 1.165) is 23.9 Å². The summed E-state index contributed by atoms with van der Waals surface area (Å²) in [6.07, 6.45) is 0. The van der Waals surface area contributed by atoms with Crippen LogP contribution in [0.4, 0.5) is 10.1 Å². The molecule has 0 N–H and O–H groups in total. The molecule has 0 atom stereocenters. The number of carbonyl (C=O) groups is 1. The number of nitro groups is 1. The van der Waals surface area contributed by atoms with Gasteiger partial charge in [-0.05, 0) is 24.3 Å². The van der Waals surface area contributed by atoms with E-state index in [1.807, 2.05) is 5.38 Å². The largest absolute Gasteiger partial charge is 0.487 e. The average Bonchev–Trinajstić information content (AvgIpc) is 3.13. The Balaban J connectivity index is 1.75. The lowest BCUT2D eigenvalue weighted by Crippen LogP contribution is -2.10. The second-order valence-corrected chi connectivity index (χ2v) is 5.77. The summed E-state index contributed by atoms with van der Waals surface area (Å²) in [6.45, 7) is 0.234. The van der Waals surface area contributed by atoms with Crippen molar-refractivity contribution in [1.82, 2.24) is 4.98 Å². The van der Waals surface area contributed by atoms with Gasteiger partial charge in [0, 0.05) is 17.5 Å². The van der Waals surface area contributed by atoms with Crippen LogP contribution >= 0.6 is 11.3 Å². The lowest BCUT2D eigenvalue weighted by molar-refractivity contribution is -0.385. The zero-order valence-electron chi connectivity index (χ0n) is 13.1. The van der Waals surface area contributed by atoms with Crippen LogP contribution in [0.2, 0.25) is 0 Å². The quantitative estimate of drug-likeness (QED) is 0.280. The summed E-state index contributed by atoms with van der Waals surface area (Å²) < 4.78 is 23.9. The summed E-state index contributed by atoms with van der Waals surface area (Å²) in [6, 6.07) is 8.76. The summed E-state index contributed by atoms with van der Waals surface area (Å²) in [5.41, 5.74) is 2.03. The molecular formula is C17H11FN2O5S. The van der Waals surface area contributed by atoms with Crippen molar-refractivity contribution in [3.8, 4) is 11.5 Å². The third-order valence-electron chi connectivity index (χ3n) is 3.26. The van der Waals surface area contributed by atoms with Gasteiger partial charge in [-0.2, -0.15) is 0 Å². The van der Waals surface area contributed by atoms with Crippen LogP contribution in [0.15, 0.2) is 53.4 Å². The fourth-order valence-corrected chi connectivity index (χ4v) is 2.60. The number of aromatic nitrogens is 1. The molecule has 7 nitrogen and oxygen atoms in total. The zero-order valence-corrected chi connectivity index (χ0v) is 13.9. The molecule has 3 aromatic rings. The van der Waals surface area contributed by atoms with Crippen LogP contribution in [0.5, 0.6) is 11.5 Å². The van der Waals surface area contributed by atoms with E-state index in [2.05, 4.69) is 4.98 Å². The minimum Gasteiger partial charge on any atom is -0.487 e. The zero-order chi connectivity index (χ0) is 18.5. The van der Waals surface area contributed by atoms with Crippen molar-refractivity contribution < 1.29 is 23.6 Å². The second kappa shape index (κ2) is 7.70. The fourth-order valence-electron chi connectivity index (χ4n) is 2.06. The molecule has 0 saturated heterocycles. The number of esters is 1. The van der Waals surface area contributed by atoms with Gasteiger partial charge < -0.3 is 9.47 Å². The number of nitrogens with zero attached hydrogens (tertiary/aromatic N) is 2. The third kappa shape index (κ3) is 4.19. The first-order chi connectivity index (χ1) is 12.5. The van der Waals surface area contributed by atoms with Crippen LogP contribution in [0.1, 0.15) is 16.1 Å². The van der Waals surface area contributed by atoms with Crippen LogP contribution < -0.4 is 9.47 Å². The normalized spacial score (nSPS) is 10.3. The number of nitro benzene ring substituents is 1. The highest BCUT2D eigenvalue weighted by Gasteiger charge is 2.20. The predicted octanol–water partition coefficient (Wildman–Crippen LogP) is 3.99. The molecule has 0 aliphatic heterocycles. The summed E-state index contributed by atoms with van der Waals surface area (Å²) in [5.74, 6) is -1.67. The Kier molecular flexibility index (Phi) is 5.18. The van der Waals surface area contributed by atoms with Gasteiger partial charge in [0.1, 0.15) is 18.2 Å². The molecule has 132 valence electrons. The Morgan fingerprint density at radius 2 is 2.12 bits per heavy atom. The molecular weight excluding hydrogens is 363 g/mol.